The summed E-state index contributed by atoms with van der Waals surface area (Å²) in [5.74, 6) is 2.20. The Labute approximate surface area is 177 Å². The molecule has 1 aliphatic rings. The van der Waals surface area contributed by atoms with E-state index >= 15 is 0 Å². The highest BCUT2D eigenvalue weighted by atomic mass is 16.5. The average molecular weight is 406 g/mol. The van der Waals surface area contributed by atoms with Gasteiger partial charge in [-0.2, -0.15) is 0 Å². The maximum atomic E-state index is 12.3. The SMILES string of the molecule is C#Cc1cccc(NC(=O)CNC(=O)N(C)Cc2ccc(N3CCOCC3)cc2)c1. The number of ether oxygens (including phenoxy) is 1. The van der Waals surface area contributed by atoms with Gasteiger partial charge in [0.25, 0.3) is 0 Å². The third kappa shape index (κ3) is 6.00. The van der Waals surface area contributed by atoms with Gasteiger partial charge in [-0.3, -0.25) is 4.79 Å². The van der Waals surface area contributed by atoms with Crippen LogP contribution in [0.15, 0.2) is 48.5 Å². The number of morpholine rings is 1. The van der Waals surface area contributed by atoms with Gasteiger partial charge in [0.2, 0.25) is 5.91 Å². The summed E-state index contributed by atoms with van der Waals surface area (Å²) in [5.41, 5.74) is 3.44. The van der Waals surface area contributed by atoms with Crippen LogP contribution in [-0.4, -0.2) is 56.7 Å². The van der Waals surface area contributed by atoms with E-state index in [4.69, 9.17) is 11.2 Å². The van der Waals surface area contributed by atoms with Crippen molar-refractivity contribution in [1.29, 1.82) is 0 Å². The van der Waals surface area contributed by atoms with Crippen molar-refractivity contribution >= 4 is 23.3 Å². The summed E-state index contributed by atoms with van der Waals surface area (Å²) in [6.07, 6.45) is 5.36. The van der Waals surface area contributed by atoms with Crippen molar-refractivity contribution in [3.63, 3.8) is 0 Å². The molecule has 2 N–H and O–H groups in total. The van der Waals surface area contributed by atoms with Crippen molar-refractivity contribution in [1.82, 2.24) is 10.2 Å². The lowest BCUT2D eigenvalue weighted by molar-refractivity contribution is -0.115. The monoisotopic (exact) mass is 406 g/mol. The number of hydrogen-bond donors (Lipinski definition) is 2. The molecular formula is C23H26N4O3. The molecule has 7 nitrogen and oxygen atoms in total. The molecule has 0 bridgehead atoms. The molecule has 0 aromatic heterocycles. The number of nitrogens with zero attached hydrogens (tertiary/aromatic N) is 2. The van der Waals surface area contributed by atoms with E-state index in [9.17, 15) is 9.59 Å². The Hall–Kier alpha value is -3.50. The fourth-order valence-electron chi connectivity index (χ4n) is 3.16. The van der Waals surface area contributed by atoms with Crippen LogP contribution in [0.4, 0.5) is 16.2 Å². The van der Waals surface area contributed by atoms with Crippen LogP contribution in [0.5, 0.6) is 0 Å². The van der Waals surface area contributed by atoms with Gasteiger partial charge in [-0.1, -0.05) is 24.1 Å². The quantitative estimate of drug-likeness (QED) is 0.722. The van der Waals surface area contributed by atoms with Crippen LogP contribution in [0, 0.1) is 12.3 Å². The number of anilines is 2. The Morgan fingerprint density at radius 1 is 1.17 bits per heavy atom. The lowest BCUT2D eigenvalue weighted by Crippen LogP contribution is -2.40. The van der Waals surface area contributed by atoms with E-state index in [0.717, 1.165) is 37.6 Å². The molecule has 2 aromatic rings. The van der Waals surface area contributed by atoms with Gasteiger partial charge in [0, 0.05) is 43.6 Å². The molecule has 3 amide bonds. The van der Waals surface area contributed by atoms with Gasteiger partial charge in [-0.15, -0.1) is 6.42 Å². The molecule has 0 saturated carbocycles. The minimum atomic E-state index is -0.320. The van der Waals surface area contributed by atoms with Gasteiger partial charge in [0.15, 0.2) is 0 Å². The number of rotatable bonds is 6. The molecule has 30 heavy (non-hydrogen) atoms. The summed E-state index contributed by atoms with van der Waals surface area (Å²) in [4.78, 5) is 28.2. The highest BCUT2D eigenvalue weighted by molar-refractivity contribution is 5.94. The molecule has 1 fully saturated rings. The van der Waals surface area contributed by atoms with Crippen LogP contribution in [0.25, 0.3) is 0 Å². The molecule has 0 radical (unpaired) electrons. The average Bonchev–Trinajstić information content (AvgIpc) is 2.78. The summed E-state index contributed by atoms with van der Waals surface area (Å²) in [6, 6.07) is 14.8. The second-order valence-corrected chi connectivity index (χ2v) is 7.05. The highest BCUT2D eigenvalue weighted by Crippen LogP contribution is 2.17. The van der Waals surface area contributed by atoms with Gasteiger partial charge in [0.1, 0.15) is 0 Å². The van der Waals surface area contributed by atoms with E-state index in [-0.39, 0.29) is 18.5 Å². The second-order valence-electron chi connectivity index (χ2n) is 7.05. The lowest BCUT2D eigenvalue weighted by atomic mass is 10.2. The molecule has 1 saturated heterocycles. The number of hydrogen-bond acceptors (Lipinski definition) is 4. The zero-order chi connectivity index (χ0) is 21.3. The number of nitrogens with one attached hydrogen (secondary N) is 2. The molecule has 156 valence electrons. The molecule has 0 spiro atoms. The number of benzene rings is 2. The number of carbonyl (C=O) groups is 2. The third-order valence-electron chi connectivity index (χ3n) is 4.79. The summed E-state index contributed by atoms with van der Waals surface area (Å²) in [5, 5.41) is 5.34. The van der Waals surface area contributed by atoms with Gasteiger partial charge in [0.05, 0.1) is 19.8 Å². The van der Waals surface area contributed by atoms with Crippen molar-refractivity contribution in [3.8, 4) is 12.3 Å². The first-order valence-corrected chi connectivity index (χ1v) is 9.82. The first kappa shape index (κ1) is 21.2. The normalized spacial score (nSPS) is 13.3. The molecule has 0 unspecified atom stereocenters. The van der Waals surface area contributed by atoms with Crippen LogP contribution in [0.1, 0.15) is 11.1 Å². The van der Waals surface area contributed by atoms with Crippen LogP contribution in [0.3, 0.4) is 0 Å². The largest absolute Gasteiger partial charge is 0.378 e. The number of terminal acetylenes is 1. The zero-order valence-corrected chi connectivity index (χ0v) is 17.1. The highest BCUT2D eigenvalue weighted by Gasteiger charge is 2.13. The van der Waals surface area contributed by atoms with E-state index in [1.807, 2.05) is 12.1 Å². The van der Waals surface area contributed by atoms with Crippen molar-refractivity contribution in [2.45, 2.75) is 6.54 Å². The first-order chi connectivity index (χ1) is 14.5. The Balaban J connectivity index is 1.44. The lowest BCUT2D eigenvalue weighted by Gasteiger charge is -2.29. The zero-order valence-electron chi connectivity index (χ0n) is 17.1. The molecule has 1 aliphatic heterocycles. The topological polar surface area (TPSA) is 73.9 Å². The Kier molecular flexibility index (Phi) is 7.30. The van der Waals surface area contributed by atoms with Crippen molar-refractivity contribution in [3.05, 3.63) is 59.7 Å². The fraction of sp³-hybridized carbons (Fsp3) is 0.304. The maximum Gasteiger partial charge on any atom is 0.317 e. The predicted molar refractivity (Wildman–Crippen MR) is 117 cm³/mol. The van der Waals surface area contributed by atoms with Crippen molar-refractivity contribution in [2.24, 2.45) is 0 Å². The Bertz CT molecular complexity index is 915. The van der Waals surface area contributed by atoms with E-state index in [0.29, 0.717) is 17.8 Å². The minimum Gasteiger partial charge on any atom is -0.378 e. The molecule has 3 rings (SSSR count). The van der Waals surface area contributed by atoms with Crippen LogP contribution in [0.2, 0.25) is 0 Å². The third-order valence-corrected chi connectivity index (χ3v) is 4.79. The van der Waals surface area contributed by atoms with Crippen LogP contribution >= 0.6 is 0 Å². The van der Waals surface area contributed by atoms with Gasteiger partial charge in [-0.05, 0) is 35.9 Å². The predicted octanol–water partition coefficient (Wildman–Crippen LogP) is 2.28. The van der Waals surface area contributed by atoms with E-state index in [1.165, 1.54) is 4.90 Å². The molecule has 0 aliphatic carbocycles. The smallest absolute Gasteiger partial charge is 0.317 e. The van der Waals surface area contributed by atoms with Gasteiger partial charge in [-0.25, -0.2) is 4.79 Å². The molecular weight excluding hydrogens is 380 g/mol. The molecule has 2 aromatic carbocycles. The summed E-state index contributed by atoms with van der Waals surface area (Å²) in [6.45, 7) is 3.58. The minimum absolute atomic E-state index is 0.126. The standard InChI is InChI=1S/C23H26N4O3/c1-3-18-5-4-6-20(15-18)25-22(28)16-24-23(29)26(2)17-19-7-9-21(10-8-19)27-11-13-30-14-12-27/h1,4-10,15H,11-14,16-17H2,2H3,(H,24,29)(H,25,28). The van der Waals surface area contributed by atoms with E-state index in [2.05, 4.69) is 33.6 Å². The number of amides is 3. The van der Waals surface area contributed by atoms with E-state index < -0.39 is 0 Å². The number of urea groups is 1. The Morgan fingerprint density at radius 2 is 1.90 bits per heavy atom. The van der Waals surface area contributed by atoms with Crippen molar-refractivity contribution < 1.29 is 14.3 Å². The van der Waals surface area contributed by atoms with Crippen molar-refractivity contribution in [2.75, 3.05) is 50.1 Å². The molecule has 1 heterocycles. The van der Waals surface area contributed by atoms with Crippen LogP contribution in [-0.2, 0) is 16.1 Å². The maximum absolute atomic E-state index is 12.3. The molecule has 0 atom stereocenters. The summed E-state index contributed by atoms with van der Waals surface area (Å²) >= 11 is 0. The Morgan fingerprint density at radius 3 is 2.60 bits per heavy atom. The number of carbonyl (C=O) groups excluding carboxylic acids is 2. The first-order valence-electron chi connectivity index (χ1n) is 9.82. The van der Waals surface area contributed by atoms with E-state index in [1.54, 1.807) is 31.3 Å². The molecule has 7 heteroatoms. The second kappa shape index (κ2) is 10.3. The van der Waals surface area contributed by atoms with Gasteiger partial charge >= 0.3 is 6.03 Å². The van der Waals surface area contributed by atoms with Gasteiger partial charge < -0.3 is 25.2 Å². The fourth-order valence-corrected chi connectivity index (χ4v) is 3.16. The van der Waals surface area contributed by atoms with Crippen LogP contribution < -0.4 is 15.5 Å². The summed E-state index contributed by atoms with van der Waals surface area (Å²) < 4.78 is 5.38. The summed E-state index contributed by atoms with van der Waals surface area (Å²) in [7, 11) is 1.69.